The number of aromatic hydroxyl groups is 1. The van der Waals surface area contributed by atoms with Gasteiger partial charge in [-0.2, -0.15) is 0 Å². The molecule has 0 bridgehead atoms. The Labute approximate surface area is 112 Å². The molecule has 0 radical (unpaired) electrons. The molecule has 1 aliphatic rings. The van der Waals surface area contributed by atoms with Crippen LogP contribution in [0, 0.1) is 0 Å². The van der Waals surface area contributed by atoms with Crippen molar-refractivity contribution in [1.29, 1.82) is 0 Å². The van der Waals surface area contributed by atoms with Crippen molar-refractivity contribution in [2.45, 2.75) is 31.8 Å². The molecule has 104 valence electrons. The van der Waals surface area contributed by atoms with Crippen LogP contribution in [0.25, 0.3) is 0 Å². The first kappa shape index (κ1) is 13.7. The number of fused-ring (bicyclic) bond motifs is 1. The van der Waals surface area contributed by atoms with Crippen LogP contribution >= 0.6 is 0 Å². The number of amides is 2. The Bertz CT molecular complexity index is 476. The lowest BCUT2D eigenvalue weighted by Gasteiger charge is -2.25. The number of carbonyl (C=O) groups is 1. The maximum atomic E-state index is 12.0. The Hall–Kier alpha value is -1.75. The number of benzene rings is 1. The minimum atomic E-state index is -0.218. The molecule has 0 aliphatic heterocycles. The summed E-state index contributed by atoms with van der Waals surface area (Å²) < 4.78 is 0. The van der Waals surface area contributed by atoms with Crippen molar-refractivity contribution in [2.75, 3.05) is 13.7 Å². The van der Waals surface area contributed by atoms with Crippen molar-refractivity contribution in [1.82, 2.24) is 10.2 Å². The lowest BCUT2D eigenvalue weighted by atomic mass is 10.1. The van der Waals surface area contributed by atoms with Crippen LogP contribution < -0.4 is 5.32 Å². The van der Waals surface area contributed by atoms with Gasteiger partial charge in [-0.05, 0) is 37.0 Å². The number of likely N-dealkylation sites (N-methyl/N-ethyl adjacent to an activating group) is 1. The second kappa shape index (κ2) is 5.48. The van der Waals surface area contributed by atoms with Crippen LogP contribution in [-0.2, 0) is 6.42 Å². The van der Waals surface area contributed by atoms with Gasteiger partial charge in [-0.25, -0.2) is 4.79 Å². The predicted molar refractivity (Wildman–Crippen MR) is 72.0 cm³/mol. The predicted octanol–water partition coefficient (Wildman–Crippen LogP) is 1.40. The van der Waals surface area contributed by atoms with Gasteiger partial charge in [0.15, 0.2) is 0 Å². The van der Waals surface area contributed by atoms with Crippen LogP contribution in [0.2, 0.25) is 0 Å². The Kier molecular flexibility index (Phi) is 3.95. The second-order valence-electron chi connectivity index (χ2n) is 5.03. The van der Waals surface area contributed by atoms with Gasteiger partial charge >= 0.3 is 6.03 Å². The fourth-order valence-corrected chi connectivity index (χ4v) is 2.36. The molecule has 3 N–H and O–H groups in total. The molecule has 2 atom stereocenters. The molecule has 19 heavy (non-hydrogen) atoms. The normalized spacial score (nSPS) is 18.8. The number of aliphatic hydroxyl groups excluding tert-OH is 1. The quantitative estimate of drug-likeness (QED) is 0.772. The fraction of sp³-hybridized carbons (Fsp3) is 0.500. The van der Waals surface area contributed by atoms with Crippen molar-refractivity contribution in [3.63, 3.8) is 0 Å². The maximum absolute atomic E-state index is 12.0. The lowest BCUT2D eigenvalue weighted by molar-refractivity contribution is 0.155. The van der Waals surface area contributed by atoms with Crippen LogP contribution in [0.4, 0.5) is 4.79 Å². The molecule has 0 saturated carbocycles. The molecule has 1 aliphatic carbocycles. The zero-order valence-corrected chi connectivity index (χ0v) is 11.3. The van der Waals surface area contributed by atoms with Crippen LogP contribution in [0.15, 0.2) is 18.2 Å². The van der Waals surface area contributed by atoms with Gasteiger partial charge in [0.1, 0.15) is 5.75 Å². The highest BCUT2D eigenvalue weighted by Crippen LogP contribution is 2.36. The van der Waals surface area contributed by atoms with Crippen LogP contribution in [0.3, 0.4) is 0 Å². The Balaban J connectivity index is 2.07. The SMILES string of the molecule is CC(CO)N(C)C(=O)NC1CCc2c(O)cccc21. The highest BCUT2D eigenvalue weighted by Gasteiger charge is 2.27. The van der Waals surface area contributed by atoms with Crippen LogP contribution in [-0.4, -0.2) is 40.8 Å². The van der Waals surface area contributed by atoms with E-state index >= 15 is 0 Å². The van der Waals surface area contributed by atoms with E-state index in [9.17, 15) is 9.90 Å². The number of hydrogen-bond acceptors (Lipinski definition) is 3. The second-order valence-corrected chi connectivity index (χ2v) is 5.03. The van der Waals surface area contributed by atoms with Crippen molar-refractivity contribution >= 4 is 6.03 Å². The Morgan fingerprint density at radius 1 is 1.58 bits per heavy atom. The molecule has 2 rings (SSSR count). The number of nitrogens with one attached hydrogen (secondary N) is 1. The summed E-state index contributed by atoms with van der Waals surface area (Å²) in [5.74, 6) is 0.298. The largest absolute Gasteiger partial charge is 0.508 e. The number of urea groups is 1. The first-order chi connectivity index (χ1) is 9.04. The summed E-state index contributed by atoms with van der Waals surface area (Å²) in [6, 6.07) is 4.90. The third-order valence-electron chi connectivity index (χ3n) is 3.79. The highest BCUT2D eigenvalue weighted by molar-refractivity contribution is 5.75. The molecule has 0 fully saturated rings. The van der Waals surface area contributed by atoms with Gasteiger partial charge in [0.25, 0.3) is 0 Å². The third-order valence-corrected chi connectivity index (χ3v) is 3.79. The average molecular weight is 264 g/mol. The third kappa shape index (κ3) is 2.66. The number of rotatable bonds is 3. The maximum Gasteiger partial charge on any atom is 0.317 e. The molecular weight excluding hydrogens is 244 g/mol. The summed E-state index contributed by atoms with van der Waals surface area (Å²) in [5.41, 5.74) is 1.91. The van der Waals surface area contributed by atoms with Crippen molar-refractivity contribution in [3.8, 4) is 5.75 Å². The number of nitrogens with zero attached hydrogens (tertiary/aromatic N) is 1. The van der Waals surface area contributed by atoms with Crippen molar-refractivity contribution < 1.29 is 15.0 Å². The zero-order chi connectivity index (χ0) is 14.0. The van der Waals surface area contributed by atoms with E-state index < -0.39 is 0 Å². The molecule has 2 unspecified atom stereocenters. The zero-order valence-electron chi connectivity index (χ0n) is 11.3. The highest BCUT2D eigenvalue weighted by atomic mass is 16.3. The monoisotopic (exact) mass is 264 g/mol. The van der Waals surface area contributed by atoms with E-state index in [4.69, 9.17) is 5.11 Å². The van der Waals surface area contributed by atoms with Gasteiger partial charge in [-0.3, -0.25) is 0 Å². The van der Waals surface area contributed by atoms with E-state index in [0.29, 0.717) is 5.75 Å². The number of aliphatic hydroxyl groups is 1. The topological polar surface area (TPSA) is 72.8 Å². The number of phenolic OH excluding ortho intramolecular Hbond substituents is 1. The fourth-order valence-electron chi connectivity index (χ4n) is 2.36. The van der Waals surface area contributed by atoms with Gasteiger partial charge < -0.3 is 20.4 Å². The van der Waals surface area contributed by atoms with Crippen molar-refractivity contribution in [2.24, 2.45) is 0 Å². The Morgan fingerprint density at radius 3 is 3.00 bits per heavy atom. The minimum absolute atomic E-state index is 0.0635. The smallest absolute Gasteiger partial charge is 0.317 e. The average Bonchev–Trinajstić information content (AvgIpc) is 2.81. The lowest BCUT2D eigenvalue weighted by Crippen LogP contribution is -2.44. The van der Waals surface area contributed by atoms with Crippen LogP contribution in [0.5, 0.6) is 5.75 Å². The van der Waals surface area contributed by atoms with Crippen LogP contribution in [0.1, 0.15) is 30.5 Å². The number of phenols is 1. The summed E-state index contributed by atoms with van der Waals surface area (Å²) >= 11 is 0. The van der Waals surface area contributed by atoms with E-state index in [2.05, 4.69) is 5.32 Å². The van der Waals surface area contributed by atoms with E-state index in [1.807, 2.05) is 6.07 Å². The summed E-state index contributed by atoms with van der Waals surface area (Å²) in [6.07, 6.45) is 1.56. The molecule has 5 nitrogen and oxygen atoms in total. The van der Waals surface area contributed by atoms with E-state index in [1.165, 1.54) is 4.90 Å². The standard InChI is InChI=1S/C14H20N2O3/c1-9(8-17)16(2)14(19)15-12-7-6-11-10(12)4-3-5-13(11)18/h3-5,9,12,17-18H,6-8H2,1-2H3,(H,15,19). The van der Waals surface area contributed by atoms with Gasteiger partial charge in [-0.1, -0.05) is 12.1 Å². The first-order valence-corrected chi connectivity index (χ1v) is 6.49. The number of carbonyl (C=O) groups excluding carboxylic acids is 1. The molecule has 0 spiro atoms. The molecule has 0 aromatic heterocycles. The summed E-state index contributed by atoms with van der Waals surface area (Å²) in [7, 11) is 1.66. The molecule has 0 saturated heterocycles. The molecule has 0 heterocycles. The summed E-state index contributed by atoms with van der Waals surface area (Å²) in [6.45, 7) is 1.72. The van der Waals surface area contributed by atoms with Gasteiger partial charge in [0, 0.05) is 7.05 Å². The van der Waals surface area contributed by atoms with E-state index in [0.717, 1.165) is 24.0 Å². The van der Waals surface area contributed by atoms with Gasteiger partial charge in [0.05, 0.1) is 18.7 Å². The molecule has 1 aromatic rings. The first-order valence-electron chi connectivity index (χ1n) is 6.49. The van der Waals surface area contributed by atoms with Gasteiger partial charge in [-0.15, -0.1) is 0 Å². The number of hydrogen-bond donors (Lipinski definition) is 3. The molecular formula is C14H20N2O3. The molecule has 5 heteroatoms. The molecule has 1 aromatic carbocycles. The van der Waals surface area contributed by atoms with Crippen molar-refractivity contribution in [3.05, 3.63) is 29.3 Å². The van der Waals surface area contributed by atoms with E-state index in [-0.39, 0.29) is 24.7 Å². The molecule has 2 amide bonds. The Morgan fingerprint density at radius 2 is 2.32 bits per heavy atom. The summed E-state index contributed by atoms with van der Waals surface area (Å²) in [4.78, 5) is 13.5. The van der Waals surface area contributed by atoms with Gasteiger partial charge in [0.2, 0.25) is 0 Å². The van der Waals surface area contributed by atoms with E-state index in [1.54, 1.807) is 26.1 Å². The summed E-state index contributed by atoms with van der Waals surface area (Å²) in [5, 5.41) is 21.8. The minimum Gasteiger partial charge on any atom is -0.508 e.